The van der Waals surface area contributed by atoms with E-state index in [1.165, 1.54) is 12.2 Å². The topological polar surface area (TPSA) is 35.0 Å². The Bertz CT molecular complexity index is 366. The van der Waals surface area contributed by atoms with Gasteiger partial charge in [-0.25, -0.2) is 9.97 Å². The van der Waals surface area contributed by atoms with Gasteiger partial charge in [0, 0.05) is 0 Å². The Hall–Kier alpha value is -0.480. The molecule has 1 aromatic rings. The number of halogens is 1. The van der Waals surface area contributed by atoms with Crippen LogP contribution in [-0.4, -0.2) is 22.8 Å². The van der Waals surface area contributed by atoms with Crippen molar-refractivity contribution >= 4 is 23.4 Å². The number of ether oxygens (including phenoxy) is 1. The summed E-state index contributed by atoms with van der Waals surface area (Å²) in [5, 5.41) is 0.399. The van der Waals surface area contributed by atoms with E-state index in [1.54, 1.807) is 13.3 Å². The molecule has 0 radical (unpaired) electrons. The molecule has 1 fully saturated rings. The summed E-state index contributed by atoms with van der Waals surface area (Å²) in [7, 11) is 1.57. The predicted molar refractivity (Wildman–Crippen MR) is 62.6 cm³/mol. The summed E-state index contributed by atoms with van der Waals surface area (Å²) in [6, 6.07) is 0. The van der Waals surface area contributed by atoms with Crippen molar-refractivity contribution in [2.45, 2.75) is 24.5 Å². The molecule has 0 aromatic carbocycles. The standard InChI is InChI=1S/C10H13ClN2OS/c1-10(4-3-5-15-10)9-12-6-7(14-2)8(11)13-9/h6H,3-5H2,1-2H3. The molecule has 2 heterocycles. The van der Waals surface area contributed by atoms with Crippen LogP contribution in [0.25, 0.3) is 0 Å². The van der Waals surface area contributed by atoms with Gasteiger partial charge in [-0.15, -0.1) is 11.8 Å². The van der Waals surface area contributed by atoms with Crippen molar-refractivity contribution in [1.29, 1.82) is 0 Å². The van der Waals surface area contributed by atoms with Crippen LogP contribution >= 0.6 is 23.4 Å². The van der Waals surface area contributed by atoms with Gasteiger partial charge in [0.25, 0.3) is 0 Å². The van der Waals surface area contributed by atoms with Crippen molar-refractivity contribution in [2.24, 2.45) is 0 Å². The summed E-state index contributed by atoms with van der Waals surface area (Å²) in [5.74, 6) is 2.52. The Morgan fingerprint density at radius 1 is 1.60 bits per heavy atom. The molecule has 15 heavy (non-hydrogen) atoms. The van der Waals surface area contributed by atoms with Crippen LogP contribution in [0, 0.1) is 0 Å². The van der Waals surface area contributed by atoms with E-state index in [1.807, 2.05) is 11.8 Å². The summed E-state index contributed by atoms with van der Waals surface area (Å²) in [5.41, 5.74) is 0. The van der Waals surface area contributed by atoms with Gasteiger partial charge in [0.1, 0.15) is 5.82 Å². The van der Waals surface area contributed by atoms with E-state index in [2.05, 4.69) is 16.9 Å². The van der Waals surface area contributed by atoms with Crippen LogP contribution in [0.15, 0.2) is 6.20 Å². The van der Waals surface area contributed by atoms with Crippen molar-refractivity contribution in [3.8, 4) is 5.75 Å². The van der Waals surface area contributed by atoms with Crippen LogP contribution in [0.5, 0.6) is 5.75 Å². The third kappa shape index (κ3) is 2.06. The largest absolute Gasteiger partial charge is 0.492 e. The van der Waals surface area contributed by atoms with E-state index in [9.17, 15) is 0 Å². The number of thioether (sulfide) groups is 1. The highest BCUT2D eigenvalue weighted by molar-refractivity contribution is 8.00. The van der Waals surface area contributed by atoms with Crippen LogP contribution in [-0.2, 0) is 4.75 Å². The minimum atomic E-state index is 0.0237. The highest BCUT2D eigenvalue weighted by Gasteiger charge is 2.34. The van der Waals surface area contributed by atoms with Crippen LogP contribution in [0.3, 0.4) is 0 Å². The third-order valence-electron chi connectivity index (χ3n) is 2.62. The monoisotopic (exact) mass is 244 g/mol. The lowest BCUT2D eigenvalue weighted by molar-refractivity contribution is 0.409. The maximum absolute atomic E-state index is 5.98. The van der Waals surface area contributed by atoms with Crippen molar-refractivity contribution in [3.05, 3.63) is 17.2 Å². The number of rotatable bonds is 2. The van der Waals surface area contributed by atoms with Crippen LogP contribution in [0.1, 0.15) is 25.6 Å². The maximum Gasteiger partial charge on any atom is 0.174 e. The molecule has 0 amide bonds. The fourth-order valence-corrected chi connectivity index (χ4v) is 3.16. The van der Waals surface area contributed by atoms with E-state index in [4.69, 9.17) is 16.3 Å². The summed E-state index contributed by atoms with van der Waals surface area (Å²) in [6.07, 6.45) is 3.98. The van der Waals surface area contributed by atoms with Crippen molar-refractivity contribution in [2.75, 3.05) is 12.9 Å². The van der Waals surface area contributed by atoms with Gasteiger partial charge in [0.15, 0.2) is 10.9 Å². The quantitative estimate of drug-likeness (QED) is 0.750. The Morgan fingerprint density at radius 2 is 2.40 bits per heavy atom. The third-order valence-corrected chi connectivity index (χ3v) is 4.41. The second kappa shape index (κ2) is 4.18. The number of hydrogen-bond acceptors (Lipinski definition) is 4. The molecule has 1 aromatic heterocycles. The summed E-state index contributed by atoms with van der Waals surface area (Å²) < 4.78 is 5.06. The zero-order chi connectivity index (χ0) is 10.9. The first-order valence-electron chi connectivity index (χ1n) is 4.87. The summed E-state index contributed by atoms with van der Waals surface area (Å²) >= 11 is 7.88. The highest BCUT2D eigenvalue weighted by Crippen LogP contribution is 2.45. The van der Waals surface area contributed by atoms with Crippen LogP contribution in [0.4, 0.5) is 0 Å². The van der Waals surface area contributed by atoms with Gasteiger partial charge < -0.3 is 4.74 Å². The summed E-state index contributed by atoms with van der Waals surface area (Å²) in [4.78, 5) is 8.63. The number of aromatic nitrogens is 2. The van der Waals surface area contributed by atoms with E-state index in [0.717, 1.165) is 12.2 Å². The normalized spacial score (nSPS) is 25.5. The molecule has 82 valence electrons. The lowest BCUT2D eigenvalue weighted by atomic mass is 10.1. The van der Waals surface area contributed by atoms with E-state index in [0.29, 0.717) is 10.9 Å². The average molecular weight is 245 g/mol. The second-order valence-corrected chi connectivity index (χ2v) is 5.69. The average Bonchev–Trinajstić information content (AvgIpc) is 2.66. The lowest BCUT2D eigenvalue weighted by Gasteiger charge is -2.20. The Kier molecular flexibility index (Phi) is 3.07. The second-order valence-electron chi connectivity index (χ2n) is 3.74. The van der Waals surface area contributed by atoms with E-state index in [-0.39, 0.29) is 4.75 Å². The van der Waals surface area contributed by atoms with Gasteiger partial charge in [-0.3, -0.25) is 0 Å². The molecule has 1 unspecified atom stereocenters. The number of hydrogen-bond donors (Lipinski definition) is 0. The van der Waals surface area contributed by atoms with E-state index >= 15 is 0 Å². The molecule has 1 aliphatic rings. The molecular formula is C10H13ClN2OS. The number of nitrogens with zero attached hydrogens (tertiary/aromatic N) is 2. The molecule has 0 bridgehead atoms. The zero-order valence-corrected chi connectivity index (χ0v) is 10.4. The molecule has 0 N–H and O–H groups in total. The predicted octanol–water partition coefficient (Wildman–Crippen LogP) is 2.88. The Labute approximate surface area is 98.6 Å². The number of methoxy groups -OCH3 is 1. The van der Waals surface area contributed by atoms with Gasteiger partial charge in [0.05, 0.1) is 18.1 Å². The van der Waals surface area contributed by atoms with Gasteiger partial charge in [-0.2, -0.15) is 0 Å². The fraction of sp³-hybridized carbons (Fsp3) is 0.600. The summed E-state index contributed by atoms with van der Waals surface area (Å²) in [6.45, 7) is 2.17. The molecule has 1 aliphatic heterocycles. The highest BCUT2D eigenvalue weighted by atomic mass is 35.5. The van der Waals surface area contributed by atoms with Crippen molar-refractivity contribution in [1.82, 2.24) is 9.97 Å². The molecule has 0 spiro atoms. The lowest BCUT2D eigenvalue weighted by Crippen LogP contribution is -2.17. The minimum Gasteiger partial charge on any atom is -0.492 e. The van der Waals surface area contributed by atoms with Crippen molar-refractivity contribution in [3.63, 3.8) is 0 Å². The first-order valence-corrected chi connectivity index (χ1v) is 6.23. The van der Waals surface area contributed by atoms with Crippen LogP contribution < -0.4 is 4.74 Å². The molecule has 2 rings (SSSR count). The van der Waals surface area contributed by atoms with E-state index < -0.39 is 0 Å². The van der Waals surface area contributed by atoms with Gasteiger partial charge in [-0.05, 0) is 25.5 Å². The molecule has 3 nitrogen and oxygen atoms in total. The molecule has 1 saturated heterocycles. The molecule has 0 saturated carbocycles. The Morgan fingerprint density at radius 3 is 2.93 bits per heavy atom. The molecular weight excluding hydrogens is 232 g/mol. The fourth-order valence-electron chi connectivity index (χ4n) is 1.70. The van der Waals surface area contributed by atoms with Gasteiger partial charge >= 0.3 is 0 Å². The first-order chi connectivity index (χ1) is 7.15. The molecule has 0 aliphatic carbocycles. The zero-order valence-electron chi connectivity index (χ0n) is 8.79. The SMILES string of the molecule is COc1cnc(C2(C)CCCS2)nc1Cl. The smallest absolute Gasteiger partial charge is 0.174 e. The molecule has 1 atom stereocenters. The van der Waals surface area contributed by atoms with Gasteiger partial charge in [0.2, 0.25) is 0 Å². The Balaban J connectivity index is 2.33. The molecule has 5 heteroatoms. The maximum atomic E-state index is 5.98. The van der Waals surface area contributed by atoms with Crippen LogP contribution in [0.2, 0.25) is 5.15 Å². The minimum absolute atomic E-state index is 0.0237. The first kappa shape index (κ1) is 11.0. The van der Waals surface area contributed by atoms with Crippen molar-refractivity contribution < 1.29 is 4.74 Å². The van der Waals surface area contributed by atoms with Gasteiger partial charge in [-0.1, -0.05) is 11.6 Å².